The van der Waals surface area contributed by atoms with Gasteiger partial charge in [-0.05, 0) is 54.5 Å². The summed E-state index contributed by atoms with van der Waals surface area (Å²) in [5.41, 5.74) is 2.62. The van der Waals surface area contributed by atoms with Gasteiger partial charge in [-0.25, -0.2) is 8.42 Å². The van der Waals surface area contributed by atoms with Crippen LogP contribution in [0.15, 0.2) is 71.6 Å². The minimum atomic E-state index is -3.41. The molecule has 9 heteroatoms. The number of aliphatic hydroxyl groups excluding tert-OH is 1. The van der Waals surface area contributed by atoms with Crippen LogP contribution in [-0.4, -0.2) is 52.3 Å². The van der Waals surface area contributed by atoms with Crippen LogP contribution in [-0.2, 0) is 16.3 Å². The van der Waals surface area contributed by atoms with Gasteiger partial charge in [-0.2, -0.15) is 0 Å². The molecule has 0 fully saturated rings. The molecule has 1 heterocycles. The molecule has 2 N–H and O–H groups in total. The van der Waals surface area contributed by atoms with Crippen molar-refractivity contribution in [2.45, 2.75) is 11.3 Å². The maximum Gasteiger partial charge on any atom is 0.185 e. The largest absolute Gasteiger partial charge is 0.505 e. The van der Waals surface area contributed by atoms with E-state index in [1.54, 1.807) is 42.5 Å². The average molecular weight is 464 g/mol. The van der Waals surface area contributed by atoms with Crippen molar-refractivity contribution >= 4 is 32.7 Å². The van der Waals surface area contributed by atoms with Gasteiger partial charge in [0.2, 0.25) is 0 Å². The second-order valence-corrected chi connectivity index (χ2v) is 9.52. The molecular weight excluding hydrogens is 442 g/mol. The molecule has 0 bridgehead atoms. The number of phenolic OH excluding ortho intramolecular Hbond substituents is 1. The Labute approximate surface area is 190 Å². The van der Waals surface area contributed by atoms with Crippen molar-refractivity contribution in [1.29, 1.82) is 0 Å². The van der Waals surface area contributed by atoms with Crippen molar-refractivity contribution in [2.75, 3.05) is 12.9 Å². The van der Waals surface area contributed by atoms with Gasteiger partial charge in [0.25, 0.3) is 0 Å². The number of ketones is 1. The summed E-state index contributed by atoms with van der Waals surface area (Å²) in [7, 11) is -3.41. The summed E-state index contributed by atoms with van der Waals surface area (Å²) in [4.78, 5) is 13.8. The monoisotopic (exact) mass is 463 g/mol. The van der Waals surface area contributed by atoms with Gasteiger partial charge in [0.1, 0.15) is 22.5 Å². The van der Waals surface area contributed by atoms with Gasteiger partial charge >= 0.3 is 0 Å². The molecular formula is C24H21N3O5S. The molecule has 8 nitrogen and oxygen atoms in total. The number of aliphatic hydroxyl groups is 1. The van der Waals surface area contributed by atoms with E-state index < -0.39 is 9.84 Å². The first-order chi connectivity index (χ1) is 15.8. The summed E-state index contributed by atoms with van der Waals surface area (Å²) in [5.74, 6) is -0.377. The fraction of sp³-hybridized carbons (Fsp3) is 0.125. The van der Waals surface area contributed by atoms with Crippen molar-refractivity contribution in [3.63, 3.8) is 0 Å². The third-order valence-corrected chi connectivity index (χ3v) is 6.16. The number of phenols is 1. The summed E-state index contributed by atoms with van der Waals surface area (Å²) in [6.07, 6.45) is 4.29. The maximum atomic E-state index is 12.4. The molecule has 0 aliphatic carbocycles. The van der Waals surface area contributed by atoms with Crippen molar-refractivity contribution in [3.05, 3.63) is 83.4 Å². The van der Waals surface area contributed by atoms with Crippen LogP contribution >= 0.6 is 0 Å². The summed E-state index contributed by atoms with van der Waals surface area (Å²) >= 11 is 0. The van der Waals surface area contributed by atoms with E-state index in [-0.39, 0.29) is 28.7 Å². The van der Waals surface area contributed by atoms with Crippen molar-refractivity contribution in [1.82, 2.24) is 15.0 Å². The predicted molar refractivity (Wildman–Crippen MR) is 124 cm³/mol. The zero-order valence-electron chi connectivity index (χ0n) is 17.7. The quantitative estimate of drug-likeness (QED) is 0.319. The number of fused-ring (bicyclic) bond motifs is 1. The summed E-state index contributed by atoms with van der Waals surface area (Å²) in [6.45, 7) is -0.109. The fourth-order valence-electron chi connectivity index (χ4n) is 3.35. The molecule has 1 aromatic heterocycles. The topological polar surface area (TPSA) is 122 Å². The van der Waals surface area contributed by atoms with Crippen LogP contribution in [0.25, 0.3) is 22.8 Å². The highest BCUT2D eigenvalue weighted by Crippen LogP contribution is 2.30. The van der Waals surface area contributed by atoms with E-state index in [1.807, 2.05) is 6.07 Å². The second-order valence-electron chi connectivity index (χ2n) is 7.50. The van der Waals surface area contributed by atoms with E-state index in [0.29, 0.717) is 34.1 Å². The molecule has 168 valence electrons. The SMILES string of the molecule is CS(=O)(=O)c1ccc2nn(-c3cc(CCO)cc(/C=C/C(=O)c4ccccc4)c3O)nc2c1. The van der Waals surface area contributed by atoms with Gasteiger partial charge in [-0.3, -0.25) is 4.79 Å². The number of aromatic nitrogens is 3. The van der Waals surface area contributed by atoms with Crippen LogP contribution < -0.4 is 0 Å². The minimum Gasteiger partial charge on any atom is -0.505 e. The lowest BCUT2D eigenvalue weighted by Crippen LogP contribution is -2.03. The molecule has 0 atom stereocenters. The molecule has 0 aliphatic rings. The Balaban J connectivity index is 1.77. The molecule has 3 aromatic carbocycles. The van der Waals surface area contributed by atoms with Crippen LogP contribution in [0.2, 0.25) is 0 Å². The molecule has 0 amide bonds. The molecule has 33 heavy (non-hydrogen) atoms. The lowest BCUT2D eigenvalue weighted by Gasteiger charge is -2.10. The minimum absolute atomic E-state index is 0.109. The van der Waals surface area contributed by atoms with E-state index in [9.17, 15) is 23.4 Å². The Hall–Kier alpha value is -3.82. The number of allylic oxidation sites excluding steroid dienone is 1. The van der Waals surface area contributed by atoms with Crippen LogP contribution in [0.1, 0.15) is 21.5 Å². The first-order valence-corrected chi connectivity index (χ1v) is 12.0. The summed E-state index contributed by atoms with van der Waals surface area (Å²) in [6, 6.07) is 16.5. The Kier molecular flexibility index (Phi) is 6.08. The highest BCUT2D eigenvalue weighted by molar-refractivity contribution is 7.90. The van der Waals surface area contributed by atoms with Crippen molar-refractivity contribution < 1.29 is 23.4 Å². The number of aromatic hydroxyl groups is 1. The van der Waals surface area contributed by atoms with E-state index in [2.05, 4.69) is 10.2 Å². The molecule has 4 rings (SSSR count). The smallest absolute Gasteiger partial charge is 0.185 e. The van der Waals surface area contributed by atoms with E-state index in [0.717, 1.165) is 6.26 Å². The molecule has 0 unspecified atom stereocenters. The fourth-order valence-corrected chi connectivity index (χ4v) is 3.99. The number of sulfone groups is 1. The second kappa shape index (κ2) is 8.97. The average Bonchev–Trinajstić information content (AvgIpc) is 3.22. The molecule has 0 aliphatic heterocycles. The van der Waals surface area contributed by atoms with Gasteiger partial charge < -0.3 is 10.2 Å². The molecule has 0 saturated heterocycles. The zero-order valence-corrected chi connectivity index (χ0v) is 18.5. The van der Waals surface area contributed by atoms with E-state index in [4.69, 9.17) is 0 Å². The standard InChI is InChI=1S/C24H21N3O5S/c1-33(31,32)19-8-9-20-21(15-19)26-27(25-20)22-14-16(11-12-28)13-18(24(22)30)7-10-23(29)17-5-3-2-4-6-17/h2-10,13-15,28,30H,11-12H2,1H3/b10-7+. The van der Waals surface area contributed by atoms with Crippen LogP contribution in [0.4, 0.5) is 0 Å². The summed E-state index contributed by atoms with van der Waals surface area (Å²) < 4.78 is 23.7. The first-order valence-electron chi connectivity index (χ1n) is 10.1. The van der Waals surface area contributed by atoms with Crippen molar-refractivity contribution in [3.8, 4) is 11.4 Å². The predicted octanol–water partition coefficient (Wildman–Crippen LogP) is 2.96. The Morgan fingerprint density at radius 2 is 1.76 bits per heavy atom. The van der Waals surface area contributed by atoms with Crippen LogP contribution in [0.5, 0.6) is 5.75 Å². The maximum absolute atomic E-state index is 12.4. The Morgan fingerprint density at radius 1 is 1.03 bits per heavy atom. The third kappa shape index (κ3) is 4.84. The van der Waals surface area contributed by atoms with Gasteiger partial charge in [-0.1, -0.05) is 30.3 Å². The van der Waals surface area contributed by atoms with Crippen molar-refractivity contribution in [2.24, 2.45) is 0 Å². The third-order valence-electron chi connectivity index (χ3n) is 5.05. The lowest BCUT2D eigenvalue weighted by molar-refractivity contribution is 0.104. The van der Waals surface area contributed by atoms with E-state index >= 15 is 0 Å². The molecule has 0 saturated carbocycles. The highest BCUT2D eigenvalue weighted by Gasteiger charge is 2.16. The number of rotatable bonds is 7. The number of hydrogen-bond acceptors (Lipinski definition) is 7. The summed E-state index contributed by atoms with van der Waals surface area (Å²) in [5, 5.41) is 29.0. The van der Waals surface area contributed by atoms with Gasteiger partial charge in [0.05, 0.1) is 4.90 Å². The zero-order chi connectivity index (χ0) is 23.6. The normalized spacial score (nSPS) is 11.9. The number of benzene rings is 3. The highest BCUT2D eigenvalue weighted by atomic mass is 32.2. The van der Waals surface area contributed by atoms with E-state index in [1.165, 1.54) is 29.1 Å². The molecule has 4 aromatic rings. The van der Waals surface area contributed by atoms with Gasteiger partial charge in [0, 0.05) is 24.0 Å². The van der Waals surface area contributed by atoms with Crippen LogP contribution in [0, 0.1) is 0 Å². The lowest BCUT2D eigenvalue weighted by atomic mass is 10.0. The number of carbonyl (C=O) groups excluding carboxylic acids is 1. The Morgan fingerprint density at radius 3 is 2.45 bits per heavy atom. The van der Waals surface area contributed by atoms with Gasteiger partial charge in [0.15, 0.2) is 15.6 Å². The van der Waals surface area contributed by atoms with Gasteiger partial charge in [-0.15, -0.1) is 15.0 Å². The number of nitrogens with zero attached hydrogens (tertiary/aromatic N) is 3. The molecule has 0 spiro atoms. The number of hydrogen-bond donors (Lipinski definition) is 2. The van der Waals surface area contributed by atoms with Crippen LogP contribution in [0.3, 0.4) is 0 Å². The molecule has 0 radical (unpaired) electrons. The first kappa shape index (κ1) is 22.4. The Bertz CT molecular complexity index is 1480. The number of carbonyl (C=O) groups is 1.